The van der Waals surface area contributed by atoms with E-state index in [9.17, 15) is 14.4 Å². The van der Waals surface area contributed by atoms with Gasteiger partial charge in [0.05, 0.1) is 12.5 Å². The second-order valence-corrected chi connectivity index (χ2v) is 8.16. The van der Waals surface area contributed by atoms with E-state index < -0.39 is 36.2 Å². The number of amides is 2. The summed E-state index contributed by atoms with van der Waals surface area (Å²) in [5.41, 5.74) is 4.53. The van der Waals surface area contributed by atoms with Crippen LogP contribution in [-0.2, 0) is 19.1 Å². The Kier molecular flexibility index (Phi) is 6.41. The average molecular weight is 438 g/mol. The molecule has 0 unspecified atom stereocenters. The number of aliphatic carboxylic acids is 1. The van der Waals surface area contributed by atoms with Crippen molar-refractivity contribution in [2.75, 3.05) is 13.2 Å². The van der Waals surface area contributed by atoms with Gasteiger partial charge in [-0.3, -0.25) is 9.59 Å². The Morgan fingerprint density at radius 2 is 1.72 bits per heavy atom. The third-order valence-corrected chi connectivity index (χ3v) is 5.87. The van der Waals surface area contributed by atoms with Crippen molar-refractivity contribution in [3.8, 4) is 11.1 Å². The van der Waals surface area contributed by atoms with E-state index in [0.29, 0.717) is 13.0 Å². The van der Waals surface area contributed by atoms with Gasteiger partial charge < -0.3 is 25.2 Å². The molecular weight excluding hydrogens is 412 g/mol. The van der Waals surface area contributed by atoms with Crippen LogP contribution in [0.5, 0.6) is 0 Å². The summed E-state index contributed by atoms with van der Waals surface area (Å²) in [5.74, 6) is -1.50. The number of carboxylic acid groups (broad SMARTS) is 1. The molecule has 0 saturated carbocycles. The number of ether oxygens (including phenoxy) is 2. The third kappa shape index (κ3) is 4.60. The van der Waals surface area contributed by atoms with Crippen LogP contribution < -0.4 is 10.6 Å². The van der Waals surface area contributed by atoms with Gasteiger partial charge in [0.1, 0.15) is 6.61 Å². The van der Waals surface area contributed by atoms with Crippen molar-refractivity contribution in [2.45, 2.75) is 43.9 Å². The first-order valence-corrected chi connectivity index (χ1v) is 10.7. The SMILES string of the molecule is C[C@@H](CC(=O)O)NC(=O)[C@H]1OCC[C@H]1NC(=O)OCC1c2ccccc2-c2ccccc21. The van der Waals surface area contributed by atoms with Crippen molar-refractivity contribution in [3.63, 3.8) is 0 Å². The van der Waals surface area contributed by atoms with E-state index in [2.05, 4.69) is 22.8 Å². The summed E-state index contributed by atoms with van der Waals surface area (Å²) in [6.07, 6.45) is -1.22. The zero-order valence-electron chi connectivity index (χ0n) is 17.7. The molecule has 2 amide bonds. The van der Waals surface area contributed by atoms with E-state index in [4.69, 9.17) is 14.6 Å². The lowest BCUT2D eigenvalue weighted by Crippen LogP contribution is -2.50. The molecule has 4 rings (SSSR count). The van der Waals surface area contributed by atoms with Crippen LogP contribution in [0.25, 0.3) is 11.1 Å². The van der Waals surface area contributed by atoms with Crippen molar-refractivity contribution in [1.82, 2.24) is 10.6 Å². The maximum absolute atomic E-state index is 12.5. The number of hydrogen-bond donors (Lipinski definition) is 3. The molecule has 2 aromatic rings. The van der Waals surface area contributed by atoms with Gasteiger partial charge in [0, 0.05) is 18.6 Å². The van der Waals surface area contributed by atoms with Crippen molar-refractivity contribution in [3.05, 3.63) is 59.7 Å². The number of nitrogens with one attached hydrogen (secondary N) is 2. The molecule has 3 N–H and O–H groups in total. The summed E-state index contributed by atoms with van der Waals surface area (Å²) in [4.78, 5) is 35.8. The molecule has 8 heteroatoms. The van der Waals surface area contributed by atoms with Crippen LogP contribution >= 0.6 is 0 Å². The first kappa shape index (κ1) is 21.8. The molecule has 0 spiro atoms. The lowest BCUT2D eigenvalue weighted by molar-refractivity contribution is -0.138. The fraction of sp³-hybridized carbons (Fsp3) is 0.375. The number of rotatable bonds is 7. The standard InChI is InChI=1S/C24H26N2O6/c1-14(12-21(27)28)25-23(29)22-20(10-11-31-22)26-24(30)32-13-19-17-8-4-2-6-15(17)16-7-3-5-9-18(16)19/h2-9,14,19-20,22H,10-13H2,1H3,(H,25,29)(H,26,30)(H,27,28)/t14-,20+,22-/m0/s1. The zero-order chi connectivity index (χ0) is 22.7. The molecule has 1 aliphatic heterocycles. The Morgan fingerprint density at radius 3 is 2.34 bits per heavy atom. The van der Waals surface area contributed by atoms with E-state index in [1.54, 1.807) is 6.92 Å². The molecule has 3 atom stereocenters. The van der Waals surface area contributed by atoms with Crippen LogP contribution in [0.2, 0.25) is 0 Å². The van der Waals surface area contributed by atoms with E-state index in [0.717, 1.165) is 22.3 Å². The highest BCUT2D eigenvalue weighted by Crippen LogP contribution is 2.44. The Morgan fingerprint density at radius 1 is 1.09 bits per heavy atom. The minimum Gasteiger partial charge on any atom is -0.481 e. The summed E-state index contributed by atoms with van der Waals surface area (Å²) < 4.78 is 11.0. The average Bonchev–Trinajstić information content (AvgIpc) is 3.34. The van der Waals surface area contributed by atoms with Crippen LogP contribution in [0.1, 0.15) is 36.8 Å². The molecule has 0 aromatic heterocycles. The first-order chi connectivity index (χ1) is 15.4. The summed E-state index contributed by atoms with van der Waals surface area (Å²) >= 11 is 0. The van der Waals surface area contributed by atoms with Crippen LogP contribution in [0.15, 0.2) is 48.5 Å². The van der Waals surface area contributed by atoms with Crippen LogP contribution in [0.4, 0.5) is 4.79 Å². The highest BCUT2D eigenvalue weighted by atomic mass is 16.6. The summed E-state index contributed by atoms with van der Waals surface area (Å²) in [7, 11) is 0. The van der Waals surface area contributed by atoms with Crippen LogP contribution in [-0.4, -0.2) is 54.5 Å². The molecule has 32 heavy (non-hydrogen) atoms. The summed E-state index contributed by atoms with van der Waals surface area (Å²) in [6.45, 7) is 2.11. The van der Waals surface area contributed by atoms with Gasteiger partial charge in [-0.1, -0.05) is 48.5 Å². The molecule has 0 bridgehead atoms. The predicted octanol–water partition coefficient (Wildman–Crippen LogP) is 2.66. The smallest absolute Gasteiger partial charge is 0.407 e. The molecular formula is C24H26N2O6. The highest BCUT2D eigenvalue weighted by Gasteiger charge is 2.36. The lowest BCUT2D eigenvalue weighted by Gasteiger charge is -2.21. The van der Waals surface area contributed by atoms with E-state index >= 15 is 0 Å². The predicted molar refractivity (Wildman–Crippen MR) is 116 cm³/mol. The number of carboxylic acids is 1. The number of hydrogen-bond acceptors (Lipinski definition) is 5. The maximum Gasteiger partial charge on any atom is 0.407 e. The third-order valence-electron chi connectivity index (χ3n) is 5.87. The van der Waals surface area contributed by atoms with Crippen molar-refractivity contribution < 1.29 is 29.0 Å². The normalized spacial score (nSPS) is 20.2. The number of alkyl carbamates (subject to hydrolysis) is 1. The second kappa shape index (κ2) is 9.40. The second-order valence-electron chi connectivity index (χ2n) is 8.16. The minimum atomic E-state index is -1.00. The van der Waals surface area contributed by atoms with Gasteiger partial charge >= 0.3 is 12.1 Å². The van der Waals surface area contributed by atoms with Gasteiger partial charge in [-0.15, -0.1) is 0 Å². The molecule has 0 radical (unpaired) electrons. The van der Waals surface area contributed by atoms with Crippen LogP contribution in [0.3, 0.4) is 0 Å². The Bertz CT molecular complexity index is 978. The molecule has 2 aromatic carbocycles. The van der Waals surface area contributed by atoms with Gasteiger partial charge in [-0.2, -0.15) is 0 Å². The molecule has 1 saturated heterocycles. The Labute approximate surface area is 185 Å². The number of fused-ring (bicyclic) bond motifs is 3. The van der Waals surface area contributed by atoms with E-state index in [1.807, 2.05) is 36.4 Å². The van der Waals surface area contributed by atoms with Gasteiger partial charge in [0.15, 0.2) is 6.10 Å². The van der Waals surface area contributed by atoms with Crippen molar-refractivity contribution in [1.29, 1.82) is 0 Å². The molecule has 168 valence electrons. The monoisotopic (exact) mass is 438 g/mol. The topological polar surface area (TPSA) is 114 Å². The largest absolute Gasteiger partial charge is 0.481 e. The van der Waals surface area contributed by atoms with E-state index in [-0.39, 0.29) is 18.9 Å². The number of carbonyl (C=O) groups excluding carboxylic acids is 2. The molecule has 8 nitrogen and oxygen atoms in total. The molecule has 2 aliphatic rings. The quantitative estimate of drug-likeness (QED) is 0.612. The summed E-state index contributed by atoms with van der Waals surface area (Å²) in [6, 6.07) is 15.1. The lowest BCUT2D eigenvalue weighted by atomic mass is 9.98. The van der Waals surface area contributed by atoms with Crippen molar-refractivity contribution in [2.24, 2.45) is 0 Å². The highest BCUT2D eigenvalue weighted by molar-refractivity contribution is 5.84. The molecule has 1 fully saturated rings. The van der Waals surface area contributed by atoms with Gasteiger partial charge in [0.2, 0.25) is 0 Å². The first-order valence-electron chi connectivity index (χ1n) is 10.7. The van der Waals surface area contributed by atoms with Gasteiger partial charge in [0.25, 0.3) is 5.91 Å². The Hall–Kier alpha value is -3.39. The van der Waals surface area contributed by atoms with E-state index in [1.165, 1.54) is 0 Å². The fourth-order valence-corrected chi connectivity index (χ4v) is 4.43. The number of carbonyl (C=O) groups is 3. The molecule has 1 aliphatic carbocycles. The van der Waals surface area contributed by atoms with Crippen LogP contribution in [0, 0.1) is 0 Å². The fourth-order valence-electron chi connectivity index (χ4n) is 4.43. The van der Waals surface area contributed by atoms with Gasteiger partial charge in [-0.05, 0) is 35.6 Å². The zero-order valence-corrected chi connectivity index (χ0v) is 17.7. The summed E-state index contributed by atoms with van der Waals surface area (Å²) in [5, 5.41) is 14.2. The maximum atomic E-state index is 12.5. The van der Waals surface area contributed by atoms with Gasteiger partial charge in [-0.25, -0.2) is 4.79 Å². The van der Waals surface area contributed by atoms with Crippen molar-refractivity contribution >= 4 is 18.0 Å². The number of benzene rings is 2. The Balaban J connectivity index is 1.35. The molecule has 1 heterocycles. The minimum absolute atomic E-state index is 0.0519.